The van der Waals surface area contributed by atoms with Gasteiger partial charge in [0.25, 0.3) is 0 Å². The monoisotopic (exact) mass is 274 g/mol. The van der Waals surface area contributed by atoms with Gasteiger partial charge in [-0.25, -0.2) is 4.79 Å². The van der Waals surface area contributed by atoms with Gasteiger partial charge in [0, 0.05) is 16.4 Å². The summed E-state index contributed by atoms with van der Waals surface area (Å²) >= 11 is 9.23. The fourth-order valence-electron chi connectivity index (χ4n) is 0.943. The van der Waals surface area contributed by atoms with E-state index in [1.807, 2.05) is 12.1 Å². The molecule has 0 heterocycles. The molecular weight excluding hydrogens is 267 g/mol. The first-order chi connectivity index (χ1) is 6.63. The lowest BCUT2D eigenvalue weighted by atomic mass is 10.1. The smallest absolute Gasteiger partial charge is 0.328 e. The Bertz CT molecular complexity index is 374. The number of carbonyl (C=O) groups is 1. The molecule has 0 radical (unpaired) electrons. The van der Waals surface area contributed by atoms with E-state index in [1.54, 1.807) is 6.07 Å². The molecule has 1 aromatic carbocycles. The molecule has 0 bridgehead atoms. The van der Waals surface area contributed by atoms with Crippen molar-refractivity contribution >= 4 is 39.6 Å². The zero-order valence-corrected chi connectivity index (χ0v) is 9.55. The van der Waals surface area contributed by atoms with Crippen LogP contribution in [0.2, 0.25) is 5.02 Å². The van der Waals surface area contributed by atoms with E-state index in [0.29, 0.717) is 10.4 Å². The molecule has 0 spiro atoms. The largest absolute Gasteiger partial charge is 0.478 e. The van der Waals surface area contributed by atoms with Crippen molar-refractivity contribution in [3.63, 3.8) is 0 Å². The maximum Gasteiger partial charge on any atom is 0.328 e. The van der Waals surface area contributed by atoms with Crippen LogP contribution >= 0.6 is 27.5 Å². The Labute approximate surface area is 95.3 Å². The highest BCUT2D eigenvalue weighted by molar-refractivity contribution is 9.08. The van der Waals surface area contributed by atoms with Crippen LogP contribution in [-0.2, 0) is 10.1 Å². The topological polar surface area (TPSA) is 37.3 Å². The Kier molecular flexibility index (Phi) is 4.17. The van der Waals surface area contributed by atoms with Crippen LogP contribution in [0.25, 0.3) is 6.08 Å². The third-order valence-electron chi connectivity index (χ3n) is 1.64. The van der Waals surface area contributed by atoms with Gasteiger partial charge in [0.15, 0.2) is 0 Å². The predicted octanol–water partition coefficient (Wildman–Crippen LogP) is 3.33. The summed E-state index contributed by atoms with van der Waals surface area (Å²) in [7, 11) is 0. The molecular formula is C10H8BrClO2. The molecule has 0 fully saturated rings. The molecule has 4 heteroatoms. The molecule has 0 atom stereocenters. The molecule has 74 valence electrons. The third kappa shape index (κ3) is 3.16. The summed E-state index contributed by atoms with van der Waals surface area (Å²) < 4.78 is 0. The predicted molar refractivity (Wildman–Crippen MR) is 60.8 cm³/mol. The maximum absolute atomic E-state index is 10.3. The summed E-state index contributed by atoms with van der Waals surface area (Å²) in [6.45, 7) is 0. The van der Waals surface area contributed by atoms with Crippen molar-refractivity contribution in [2.45, 2.75) is 5.33 Å². The van der Waals surface area contributed by atoms with Crippen molar-refractivity contribution in [1.29, 1.82) is 0 Å². The summed E-state index contributed by atoms with van der Waals surface area (Å²) in [6, 6.07) is 5.41. The van der Waals surface area contributed by atoms with Gasteiger partial charge in [0.05, 0.1) is 0 Å². The number of halogens is 2. The number of rotatable bonds is 3. The molecule has 0 aliphatic carbocycles. The summed E-state index contributed by atoms with van der Waals surface area (Å²) in [6.07, 6.45) is 2.59. The molecule has 0 saturated carbocycles. The fraction of sp³-hybridized carbons (Fsp3) is 0.100. The van der Waals surface area contributed by atoms with Crippen molar-refractivity contribution < 1.29 is 9.90 Å². The zero-order valence-electron chi connectivity index (χ0n) is 7.21. The number of carboxylic acid groups (broad SMARTS) is 1. The first kappa shape index (κ1) is 11.3. The van der Waals surface area contributed by atoms with E-state index < -0.39 is 5.97 Å². The van der Waals surface area contributed by atoms with Gasteiger partial charge in [0.1, 0.15) is 0 Å². The Morgan fingerprint density at radius 1 is 1.57 bits per heavy atom. The van der Waals surface area contributed by atoms with E-state index in [0.717, 1.165) is 17.2 Å². The van der Waals surface area contributed by atoms with E-state index in [4.69, 9.17) is 16.7 Å². The van der Waals surface area contributed by atoms with Crippen molar-refractivity contribution in [2.24, 2.45) is 0 Å². The van der Waals surface area contributed by atoms with Gasteiger partial charge in [-0.2, -0.15) is 0 Å². The van der Waals surface area contributed by atoms with Crippen molar-refractivity contribution in [3.05, 3.63) is 40.4 Å². The number of alkyl halides is 1. The molecule has 0 unspecified atom stereocenters. The standard InChI is InChI=1S/C10H8BrClO2/c11-6-8-3-1-7(5-9(8)12)2-4-10(13)14/h1-5H,6H2,(H,13,14)/b4-2+. The summed E-state index contributed by atoms with van der Waals surface area (Å²) in [4.78, 5) is 10.3. The lowest BCUT2D eigenvalue weighted by Crippen LogP contribution is -1.86. The molecule has 0 aliphatic rings. The van der Waals surface area contributed by atoms with E-state index >= 15 is 0 Å². The molecule has 0 aliphatic heterocycles. The quantitative estimate of drug-likeness (QED) is 0.678. The average Bonchev–Trinajstić information content (AvgIpc) is 2.15. The number of carboxylic acids is 1. The van der Waals surface area contributed by atoms with Gasteiger partial charge in [-0.1, -0.05) is 39.7 Å². The minimum atomic E-state index is -0.967. The zero-order chi connectivity index (χ0) is 10.6. The Balaban J connectivity index is 2.91. The molecule has 0 amide bonds. The van der Waals surface area contributed by atoms with Crippen LogP contribution in [-0.4, -0.2) is 11.1 Å². The minimum absolute atomic E-state index is 0.634. The lowest BCUT2D eigenvalue weighted by molar-refractivity contribution is -0.131. The maximum atomic E-state index is 10.3. The van der Waals surface area contributed by atoms with E-state index in [1.165, 1.54) is 6.08 Å². The number of hydrogen-bond acceptors (Lipinski definition) is 1. The second-order valence-electron chi connectivity index (χ2n) is 2.66. The molecule has 2 nitrogen and oxygen atoms in total. The Hall–Kier alpha value is -0.800. The fourth-order valence-corrected chi connectivity index (χ4v) is 1.85. The molecule has 1 aromatic rings. The third-order valence-corrected chi connectivity index (χ3v) is 2.60. The highest BCUT2D eigenvalue weighted by Crippen LogP contribution is 2.20. The lowest BCUT2D eigenvalue weighted by Gasteiger charge is -2.00. The van der Waals surface area contributed by atoms with Gasteiger partial charge in [0.2, 0.25) is 0 Å². The number of aliphatic carboxylic acids is 1. The molecule has 0 aromatic heterocycles. The summed E-state index contributed by atoms with van der Waals surface area (Å²) in [5.41, 5.74) is 1.77. The van der Waals surface area contributed by atoms with Crippen LogP contribution in [0.5, 0.6) is 0 Å². The highest BCUT2D eigenvalue weighted by atomic mass is 79.9. The van der Waals surface area contributed by atoms with Crippen LogP contribution in [0.4, 0.5) is 0 Å². The number of benzene rings is 1. The van der Waals surface area contributed by atoms with Gasteiger partial charge >= 0.3 is 5.97 Å². The first-order valence-corrected chi connectivity index (χ1v) is 5.39. The Morgan fingerprint density at radius 2 is 2.29 bits per heavy atom. The van der Waals surface area contributed by atoms with Crippen LogP contribution in [0.1, 0.15) is 11.1 Å². The first-order valence-electron chi connectivity index (χ1n) is 3.89. The number of hydrogen-bond donors (Lipinski definition) is 1. The summed E-state index contributed by atoms with van der Waals surface area (Å²) in [5, 5.41) is 9.74. The van der Waals surface area contributed by atoms with Crippen LogP contribution in [0.3, 0.4) is 0 Å². The Morgan fingerprint density at radius 3 is 2.79 bits per heavy atom. The molecule has 1 N–H and O–H groups in total. The van der Waals surface area contributed by atoms with Crippen molar-refractivity contribution in [2.75, 3.05) is 0 Å². The molecule has 1 rings (SSSR count). The van der Waals surface area contributed by atoms with Gasteiger partial charge in [-0.3, -0.25) is 0 Å². The van der Waals surface area contributed by atoms with Gasteiger partial charge < -0.3 is 5.11 Å². The van der Waals surface area contributed by atoms with E-state index in [2.05, 4.69) is 15.9 Å². The molecule has 14 heavy (non-hydrogen) atoms. The second-order valence-corrected chi connectivity index (χ2v) is 3.62. The van der Waals surface area contributed by atoms with Crippen molar-refractivity contribution in [1.82, 2.24) is 0 Å². The van der Waals surface area contributed by atoms with Crippen LogP contribution < -0.4 is 0 Å². The van der Waals surface area contributed by atoms with Crippen LogP contribution in [0, 0.1) is 0 Å². The minimum Gasteiger partial charge on any atom is -0.478 e. The van der Waals surface area contributed by atoms with Gasteiger partial charge in [-0.05, 0) is 23.3 Å². The summed E-state index contributed by atoms with van der Waals surface area (Å²) in [5.74, 6) is -0.967. The van der Waals surface area contributed by atoms with E-state index in [-0.39, 0.29) is 0 Å². The SMILES string of the molecule is O=C(O)/C=C/c1ccc(CBr)c(Cl)c1. The second kappa shape index (κ2) is 5.17. The highest BCUT2D eigenvalue weighted by Gasteiger charge is 1.98. The van der Waals surface area contributed by atoms with Crippen molar-refractivity contribution in [3.8, 4) is 0 Å². The normalized spacial score (nSPS) is 10.7. The molecule has 0 saturated heterocycles. The van der Waals surface area contributed by atoms with Crippen LogP contribution in [0.15, 0.2) is 24.3 Å². The average molecular weight is 276 g/mol. The van der Waals surface area contributed by atoms with Gasteiger partial charge in [-0.15, -0.1) is 0 Å². The van der Waals surface area contributed by atoms with E-state index in [9.17, 15) is 4.79 Å².